The Hall–Kier alpha value is -3.47. The molecule has 1 heterocycles. The van der Waals surface area contributed by atoms with Crippen LogP contribution in [0.15, 0.2) is 72.8 Å². The molecule has 134 valence electrons. The highest BCUT2D eigenvalue weighted by Gasteiger charge is 2.11. The second-order valence-electron chi connectivity index (χ2n) is 6.20. The second-order valence-corrected chi connectivity index (χ2v) is 6.20. The number of hydrogen-bond acceptors (Lipinski definition) is 4. The van der Waals surface area contributed by atoms with Crippen molar-refractivity contribution in [1.82, 2.24) is 20.6 Å². The quantitative estimate of drug-likeness (QED) is 0.551. The van der Waals surface area contributed by atoms with Gasteiger partial charge in [-0.15, -0.1) is 10.2 Å². The zero-order valence-electron chi connectivity index (χ0n) is 15.1. The summed E-state index contributed by atoms with van der Waals surface area (Å²) in [7, 11) is 0. The first-order valence-electron chi connectivity index (χ1n) is 8.98. The minimum absolute atomic E-state index is 0.598. The molecule has 5 nitrogen and oxygen atoms in total. The fourth-order valence-corrected chi connectivity index (χ4v) is 3.17. The summed E-state index contributed by atoms with van der Waals surface area (Å²) in [6.07, 6.45) is 0.836. The molecule has 0 aliphatic rings. The zero-order valence-corrected chi connectivity index (χ0v) is 15.1. The van der Waals surface area contributed by atoms with Gasteiger partial charge in [0.25, 0.3) is 0 Å². The number of nitrogens with one attached hydrogen (secondary N) is 1. The molecule has 1 aromatic heterocycles. The Bertz CT molecular complexity index is 1010. The van der Waals surface area contributed by atoms with Crippen LogP contribution >= 0.6 is 0 Å². The molecule has 4 aromatic rings. The van der Waals surface area contributed by atoms with Crippen molar-refractivity contribution in [3.8, 4) is 28.3 Å². The highest BCUT2D eigenvalue weighted by molar-refractivity contribution is 5.80. The number of ether oxygens (including phenoxy) is 1. The number of tetrazole rings is 1. The Morgan fingerprint density at radius 2 is 1.59 bits per heavy atom. The van der Waals surface area contributed by atoms with Crippen LogP contribution in [0.4, 0.5) is 0 Å². The predicted molar refractivity (Wildman–Crippen MR) is 105 cm³/mol. The maximum atomic E-state index is 5.74. The SMILES string of the molecule is CCOc1ccccc1Cc1ccc(-c2ccccc2-c2nn[nH]n2)cc1. The van der Waals surface area contributed by atoms with Gasteiger partial charge in [0.1, 0.15) is 5.75 Å². The maximum absolute atomic E-state index is 5.74. The van der Waals surface area contributed by atoms with Crippen LogP contribution < -0.4 is 4.74 Å². The number of aromatic nitrogens is 4. The fourth-order valence-electron chi connectivity index (χ4n) is 3.17. The van der Waals surface area contributed by atoms with Gasteiger partial charge in [-0.25, -0.2) is 0 Å². The first-order chi connectivity index (χ1) is 13.3. The molecule has 3 aromatic carbocycles. The van der Waals surface area contributed by atoms with Crippen LogP contribution in [0, 0.1) is 0 Å². The monoisotopic (exact) mass is 356 g/mol. The van der Waals surface area contributed by atoms with Crippen molar-refractivity contribution in [2.75, 3.05) is 6.61 Å². The second kappa shape index (κ2) is 7.83. The normalized spacial score (nSPS) is 10.7. The van der Waals surface area contributed by atoms with E-state index in [4.69, 9.17) is 4.74 Å². The number of para-hydroxylation sites is 1. The molecule has 0 bridgehead atoms. The van der Waals surface area contributed by atoms with E-state index in [1.54, 1.807) is 0 Å². The highest BCUT2D eigenvalue weighted by Crippen LogP contribution is 2.30. The van der Waals surface area contributed by atoms with Crippen LogP contribution in [0.3, 0.4) is 0 Å². The van der Waals surface area contributed by atoms with E-state index >= 15 is 0 Å². The van der Waals surface area contributed by atoms with Crippen LogP contribution in [0.1, 0.15) is 18.1 Å². The van der Waals surface area contributed by atoms with Crippen molar-refractivity contribution >= 4 is 0 Å². The largest absolute Gasteiger partial charge is 0.494 e. The molecule has 27 heavy (non-hydrogen) atoms. The number of nitrogens with zero attached hydrogens (tertiary/aromatic N) is 3. The average molecular weight is 356 g/mol. The van der Waals surface area contributed by atoms with Gasteiger partial charge in [-0.1, -0.05) is 66.7 Å². The van der Waals surface area contributed by atoms with E-state index in [1.165, 1.54) is 11.1 Å². The van der Waals surface area contributed by atoms with Crippen molar-refractivity contribution in [2.24, 2.45) is 0 Å². The van der Waals surface area contributed by atoms with Crippen molar-refractivity contribution in [2.45, 2.75) is 13.3 Å². The summed E-state index contributed by atoms with van der Waals surface area (Å²) in [5, 5.41) is 14.4. The summed E-state index contributed by atoms with van der Waals surface area (Å²) < 4.78 is 5.74. The van der Waals surface area contributed by atoms with Crippen molar-refractivity contribution in [3.63, 3.8) is 0 Å². The number of benzene rings is 3. The van der Waals surface area contributed by atoms with Crippen LogP contribution in [-0.2, 0) is 6.42 Å². The molecule has 0 amide bonds. The maximum Gasteiger partial charge on any atom is 0.205 e. The van der Waals surface area contributed by atoms with Gasteiger partial charge in [-0.05, 0) is 40.5 Å². The smallest absolute Gasteiger partial charge is 0.205 e. The van der Waals surface area contributed by atoms with Crippen molar-refractivity contribution in [1.29, 1.82) is 0 Å². The van der Waals surface area contributed by atoms with E-state index in [0.29, 0.717) is 12.4 Å². The first-order valence-corrected chi connectivity index (χ1v) is 8.98. The minimum Gasteiger partial charge on any atom is -0.494 e. The number of H-pyrrole nitrogens is 1. The van der Waals surface area contributed by atoms with E-state index in [1.807, 2.05) is 43.3 Å². The van der Waals surface area contributed by atoms with Crippen LogP contribution in [-0.4, -0.2) is 27.2 Å². The molecular formula is C22H20N4O. The van der Waals surface area contributed by atoms with E-state index in [2.05, 4.69) is 57.0 Å². The molecular weight excluding hydrogens is 336 g/mol. The molecule has 0 spiro atoms. The third-order valence-electron chi connectivity index (χ3n) is 4.45. The summed E-state index contributed by atoms with van der Waals surface area (Å²) in [5.41, 5.74) is 5.60. The van der Waals surface area contributed by atoms with Gasteiger partial charge in [-0.2, -0.15) is 5.21 Å². The first kappa shape index (κ1) is 17.0. The van der Waals surface area contributed by atoms with Gasteiger partial charge < -0.3 is 4.74 Å². The van der Waals surface area contributed by atoms with E-state index < -0.39 is 0 Å². The van der Waals surface area contributed by atoms with Gasteiger partial charge in [0, 0.05) is 12.0 Å². The Morgan fingerprint density at radius 3 is 2.33 bits per heavy atom. The Kier molecular flexibility index (Phi) is 4.92. The lowest BCUT2D eigenvalue weighted by Gasteiger charge is -2.11. The summed E-state index contributed by atoms with van der Waals surface area (Å²) in [6, 6.07) is 24.9. The average Bonchev–Trinajstić information content (AvgIpc) is 3.25. The molecule has 5 heteroatoms. The predicted octanol–water partition coefficient (Wildman–Crippen LogP) is 4.52. The van der Waals surface area contributed by atoms with E-state index in [-0.39, 0.29) is 0 Å². The molecule has 1 N–H and O–H groups in total. The van der Waals surface area contributed by atoms with Gasteiger partial charge in [0.15, 0.2) is 0 Å². The summed E-state index contributed by atoms with van der Waals surface area (Å²) in [6.45, 7) is 2.68. The Balaban J connectivity index is 1.61. The molecule has 0 saturated carbocycles. The molecule has 0 atom stereocenters. The lowest BCUT2D eigenvalue weighted by Crippen LogP contribution is -1.97. The lowest BCUT2D eigenvalue weighted by atomic mass is 9.96. The zero-order chi connectivity index (χ0) is 18.5. The highest BCUT2D eigenvalue weighted by atomic mass is 16.5. The van der Waals surface area contributed by atoms with Gasteiger partial charge in [0.05, 0.1) is 6.61 Å². The van der Waals surface area contributed by atoms with Crippen molar-refractivity contribution < 1.29 is 4.74 Å². The summed E-state index contributed by atoms with van der Waals surface area (Å²) in [4.78, 5) is 0. The van der Waals surface area contributed by atoms with E-state index in [9.17, 15) is 0 Å². The third-order valence-corrected chi connectivity index (χ3v) is 4.45. The van der Waals surface area contributed by atoms with Crippen LogP contribution in [0.2, 0.25) is 0 Å². The number of rotatable bonds is 6. The molecule has 0 aliphatic carbocycles. The van der Waals surface area contributed by atoms with Crippen molar-refractivity contribution in [3.05, 3.63) is 83.9 Å². The molecule has 0 unspecified atom stereocenters. The van der Waals surface area contributed by atoms with Crippen LogP contribution in [0.5, 0.6) is 5.75 Å². The lowest BCUT2D eigenvalue weighted by molar-refractivity contribution is 0.337. The molecule has 4 rings (SSSR count). The molecule has 0 radical (unpaired) electrons. The summed E-state index contributed by atoms with van der Waals surface area (Å²) >= 11 is 0. The number of hydrogen-bond donors (Lipinski definition) is 1. The molecule has 0 aliphatic heterocycles. The number of aromatic amines is 1. The van der Waals surface area contributed by atoms with Gasteiger partial charge in [0.2, 0.25) is 5.82 Å². The standard InChI is InChI=1S/C22H20N4O/c1-2-27-21-10-6-3-7-18(21)15-16-11-13-17(14-12-16)19-8-4-5-9-20(19)22-23-25-26-24-22/h3-14H,2,15H2,1H3,(H,23,24,25,26). The summed E-state index contributed by atoms with van der Waals surface area (Å²) in [5.74, 6) is 1.55. The minimum atomic E-state index is 0.598. The van der Waals surface area contributed by atoms with Gasteiger partial charge in [-0.3, -0.25) is 0 Å². The van der Waals surface area contributed by atoms with Gasteiger partial charge >= 0.3 is 0 Å². The van der Waals surface area contributed by atoms with E-state index in [0.717, 1.165) is 28.9 Å². The molecule has 0 saturated heterocycles. The van der Waals surface area contributed by atoms with Crippen LogP contribution in [0.25, 0.3) is 22.5 Å². The molecule has 0 fully saturated rings. The fraction of sp³-hybridized carbons (Fsp3) is 0.136. The topological polar surface area (TPSA) is 63.7 Å². The Morgan fingerprint density at radius 1 is 0.852 bits per heavy atom. The third kappa shape index (κ3) is 3.72. The Labute approximate surface area is 158 Å².